The molecule has 164 valence electrons. The third kappa shape index (κ3) is 7.65. The Morgan fingerprint density at radius 1 is 1.17 bits per heavy atom. The quantitative estimate of drug-likeness (QED) is 0.410. The molecule has 29 heavy (non-hydrogen) atoms. The minimum absolute atomic E-state index is 0.0249. The normalized spacial score (nSPS) is 21.4. The number of nitrogens with one attached hydrogen (secondary N) is 1. The molecule has 1 saturated carbocycles. The molecule has 0 aromatic heterocycles. The zero-order valence-electron chi connectivity index (χ0n) is 14.8. The Hall–Kier alpha value is -2.14. The Bertz CT molecular complexity index is 729. The van der Waals surface area contributed by atoms with Gasteiger partial charge in [-0.2, -0.15) is 13.2 Å². The van der Waals surface area contributed by atoms with Gasteiger partial charge in [-0.3, -0.25) is 4.79 Å². The number of carboxylic acid groups (broad SMARTS) is 2. The number of hydrogen-bond acceptors (Lipinski definition) is 4. The standard InChI is InChI=1S/C15H18ClF2NO3.C2HF3O2/c16-11-3-1-2-10(13(11)20)8-19-12-5-4-9(14(21)22)6-7-15(12,17)18;3-2(4,5)1(6)7/h1-3,9,12,19-20H,4-8H2,(H,21,22);(H,6,7)/t9-,12-;/m1./s1. The molecule has 12 heteroatoms. The lowest BCUT2D eigenvalue weighted by Crippen LogP contribution is -2.43. The molecular weight excluding hydrogens is 429 g/mol. The van der Waals surface area contributed by atoms with Crippen molar-refractivity contribution in [2.75, 3.05) is 0 Å². The van der Waals surface area contributed by atoms with Crippen LogP contribution in [0.4, 0.5) is 22.0 Å². The highest BCUT2D eigenvalue weighted by molar-refractivity contribution is 6.32. The van der Waals surface area contributed by atoms with Crippen LogP contribution < -0.4 is 5.32 Å². The number of para-hydroxylation sites is 1. The van der Waals surface area contributed by atoms with Gasteiger partial charge in [0.15, 0.2) is 0 Å². The van der Waals surface area contributed by atoms with Crippen LogP contribution in [-0.2, 0) is 16.1 Å². The van der Waals surface area contributed by atoms with E-state index in [1.54, 1.807) is 12.1 Å². The number of aromatic hydroxyl groups is 1. The first kappa shape index (κ1) is 24.9. The summed E-state index contributed by atoms with van der Waals surface area (Å²) in [5.74, 6) is -7.61. The van der Waals surface area contributed by atoms with Crippen LogP contribution in [0.1, 0.15) is 31.2 Å². The van der Waals surface area contributed by atoms with E-state index in [2.05, 4.69) is 5.32 Å². The summed E-state index contributed by atoms with van der Waals surface area (Å²) in [6.45, 7) is 0.0460. The number of halogens is 6. The van der Waals surface area contributed by atoms with Crippen molar-refractivity contribution in [3.05, 3.63) is 28.8 Å². The Labute approximate surface area is 167 Å². The second kappa shape index (κ2) is 10.1. The van der Waals surface area contributed by atoms with Gasteiger partial charge in [0.1, 0.15) is 5.75 Å². The van der Waals surface area contributed by atoms with E-state index in [0.717, 1.165) is 0 Å². The second-order valence-electron chi connectivity index (χ2n) is 6.40. The van der Waals surface area contributed by atoms with E-state index in [4.69, 9.17) is 26.6 Å². The molecule has 1 aliphatic rings. The summed E-state index contributed by atoms with van der Waals surface area (Å²) < 4.78 is 59.9. The molecule has 0 aliphatic heterocycles. The van der Waals surface area contributed by atoms with Gasteiger partial charge in [-0.05, 0) is 25.3 Å². The minimum Gasteiger partial charge on any atom is -0.506 e. The van der Waals surface area contributed by atoms with Gasteiger partial charge < -0.3 is 20.6 Å². The van der Waals surface area contributed by atoms with Gasteiger partial charge >= 0.3 is 18.1 Å². The molecule has 1 aliphatic carbocycles. The molecule has 0 spiro atoms. The fraction of sp³-hybridized carbons (Fsp3) is 0.529. The first-order chi connectivity index (χ1) is 13.3. The van der Waals surface area contributed by atoms with E-state index in [1.807, 2.05) is 0 Å². The number of hydrogen-bond donors (Lipinski definition) is 4. The van der Waals surface area contributed by atoms with Crippen molar-refractivity contribution in [2.45, 2.75) is 50.4 Å². The lowest BCUT2D eigenvalue weighted by Gasteiger charge is -2.26. The van der Waals surface area contributed by atoms with E-state index in [0.29, 0.717) is 5.56 Å². The van der Waals surface area contributed by atoms with Crippen LogP contribution in [0.15, 0.2) is 18.2 Å². The number of aliphatic carboxylic acids is 2. The van der Waals surface area contributed by atoms with Crippen LogP contribution >= 0.6 is 11.6 Å². The lowest BCUT2D eigenvalue weighted by atomic mass is 10.0. The van der Waals surface area contributed by atoms with E-state index in [1.165, 1.54) is 6.07 Å². The van der Waals surface area contributed by atoms with Crippen molar-refractivity contribution < 1.29 is 46.9 Å². The molecule has 0 radical (unpaired) electrons. The maximum Gasteiger partial charge on any atom is 0.490 e. The molecule has 1 aromatic carbocycles. The van der Waals surface area contributed by atoms with Crippen LogP contribution in [0.2, 0.25) is 5.02 Å². The molecular formula is C17H19ClF5NO5. The van der Waals surface area contributed by atoms with Gasteiger partial charge in [-0.15, -0.1) is 0 Å². The molecule has 0 amide bonds. The number of phenolic OH excluding ortho intramolecular Hbond substituents is 1. The van der Waals surface area contributed by atoms with Crippen molar-refractivity contribution in [1.82, 2.24) is 5.32 Å². The average Bonchev–Trinajstić information content (AvgIpc) is 2.74. The van der Waals surface area contributed by atoms with Crippen LogP contribution in [0.25, 0.3) is 0 Å². The van der Waals surface area contributed by atoms with Crippen molar-refractivity contribution in [3.8, 4) is 5.75 Å². The zero-order valence-corrected chi connectivity index (χ0v) is 15.6. The zero-order chi connectivity index (χ0) is 22.4. The number of phenols is 1. The number of benzene rings is 1. The van der Waals surface area contributed by atoms with Gasteiger partial charge in [0.2, 0.25) is 0 Å². The smallest absolute Gasteiger partial charge is 0.490 e. The third-order valence-corrected chi connectivity index (χ3v) is 4.65. The molecule has 1 aromatic rings. The largest absolute Gasteiger partial charge is 0.506 e. The number of carboxylic acids is 2. The highest BCUT2D eigenvalue weighted by atomic mass is 35.5. The Morgan fingerprint density at radius 2 is 1.76 bits per heavy atom. The molecule has 0 saturated heterocycles. The third-order valence-electron chi connectivity index (χ3n) is 4.34. The Morgan fingerprint density at radius 3 is 2.28 bits per heavy atom. The van der Waals surface area contributed by atoms with Crippen molar-refractivity contribution >= 4 is 23.5 Å². The molecule has 0 bridgehead atoms. The van der Waals surface area contributed by atoms with E-state index in [9.17, 15) is 31.9 Å². The maximum atomic E-state index is 14.1. The fourth-order valence-corrected chi connectivity index (χ4v) is 2.89. The average molecular weight is 448 g/mol. The summed E-state index contributed by atoms with van der Waals surface area (Å²) in [5, 5.41) is 28.8. The van der Waals surface area contributed by atoms with Crippen LogP contribution in [0.5, 0.6) is 5.75 Å². The van der Waals surface area contributed by atoms with E-state index >= 15 is 0 Å². The van der Waals surface area contributed by atoms with Gasteiger partial charge in [-0.1, -0.05) is 23.7 Å². The summed E-state index contributed by atoms with van der Waals surface area (Å²) in [5.41, 5.74) is 0.433. The second-order valence-corrected chi connectivity index (χ2v) is 6.80. The van der Waals surface area contributed by atoms with Gasteiger partial charge in [0, 0.05) is 18.5 Å². The predicted molar refractivity (Wildman–Crippen MR) is 92.0 cm³/mol. The van der Waals surface area contributed by atoms with Crippen molar-refractivity contribution in [2.24, 2.45) is 5.92 Å². The Balaban J connectivity index is 0.000000516. The molecule has 1 fully saturated rings. The maximum absolute atomic E-state index is 14.1. The molecule has 2 atom stereocenters. The lowest BCUT2D eigenvalue weighted by molar-refractivity contribution is -0.192. The number of rotatable bonds is 4. The van der Waals surface area contributed by atoms with Crippen LogP contribution in [0, 0.1) is 5.92 Å². The molecule has 0 unspecified atom stereocenters. The minimum atomic E-state index is -5.08. The molecule has 0 heterocycles. The summed E-state index contributed by atoms with van der Waals surface area (Å²) in [6.07, 6.45) is -5.28. The van der Waals surface area contributed by atoms with Crippen molar-refractivity contribution in [3.63, 3.8) is 0 Å². The summed E-state index contributed by atoms with van der Waals surface area (Å²) in [7, 11) is 0. The predicted octanol–water partition coefficient (Wildman–Crippen LogP) is 4.05. The van der Waals surface area contributed by atoms with Gasteiger partial charge in [0.25, 0.3) is 5.92 Å². The first-order valence-electron chi connectivity index (χ1n) is 8.36. The van der Waals surface area contributed by atoms with Crippen LogP contribution in [0.3, 0.4) is 0 Å². The van der Waals surface area contributed by atoms with Crippen molar-refractivity contribution in [1.29, 1.82) is 0 Å². The fourth-order valence-electron chi connectivity index (χ4n) is 2.70. The van der Waals surface area contributed by atoms with E-state index < -0.39 is 42.4 Å². The van der Waals surface area contributed by atoms with Crippen LogP contribution in [-0.4, -0.2) is 45.4 Å². The summed E-state index contributed by atoms with van der Waals surface area (Å²) in [4.78, 5) is 19.9. The monoisotopic (exact) mass is 447 g/mol. The highest BCUT2D eigenvalue weighted by Crippen LogP contribution is 2.35. The topological polar surface area (TPSA) is 107 Å². The number of alkyl halides is 5. The Kier molecular flexibility index (Phi) is 8.64. The summed E-state index contributed by atoms with van der Waals surface area (Å²) in [6, 6.07) is 3.63. The first-order valence-corrected chi connectivity index (χ1v) is 8.74. The summed E-state index contributed by atoms with van der Waals surface area (Å²) >= 11 is 5.78. The molecule has 6 nitrogen and oxygen atoms in total. The van der Waals surface area contributed by atoms with Gasteiger partial charge in [0.05, 0.1) is 17.0 Å². The molecule has 4 N–H and O–H groups in total. The van der Waals surface area contributed by atoms with Gasteiger partial charge in [-0.25, -0.2) is 13.6 Å². The molecule has 2 rings (SSSR count). The number of carbonyl (C=O) groups is 2. The van der Waals surface area contributed by atoms with E-state index in [-0.39, 0.29) is 36.6 Å². The SMILES string of the molecule is O=C(O)C(F)(F)F.O=C(O)[C@@H]1CC[C@@H](NCc2cccc(Cl)c2O)C(F)(F)CC1. The highest BCUT2D eigenvalue weighted by Gasteiger charge is 2.43.